The van der Waals surface area contributed by atoms with Crippen LogP contribution in [0.5, 0.6) is 0 Å². The molecule has 0 amide bonds. The summed E-state index contributed by atoms with van der Waals surface area (Å²) in [5.74, 6) is 5.40. The quantitative estimate of drug-likeness (QED) is 0.310. The molecule has 1 atom stereocenters. The second-order valence-electron chi connectivity index (χ2n) is 8.41. The molecule has 0 bridgehead atoms. The molecule has 194 valence electrons. The highest BCUT2D eigenvalue weighted by molar-refractivity contribution is 7.92. The van der Waals surface area contributed by atoms with Crippen LogP contribution in [0.2, 0.25) is 0 Å². The first kappa shape index (κ1) is 28.2. The number of hydrogen-bond donors (Lipinski definition) is 2. The molecular formula is C28H30N2O5S2. The third-order valence-electron chi connectivity index (χ3n) is 5.53. The van der Waals surface area contributed by atoms with Crippen LogP contribution in [0, 0.1) is 25.7 Å². The largest absolute Gasteiger partial charge is 0.376 e. The fourth-order valence-electron chi connectivity index (χ4n) is 3.39. The van der Waals surface area contributed by atoms with Crippen LogP contribution in [0.1, 0.15) is 29.7 Å². The average molecular weight is 539 g/mol. The van der Waals surface area contributed by atoms with Gasteiger partial charge in [-0.2, -0.15) is 4.31 Å². The summed E-state index contributed by atoms with van der Waals surface area (Å²) in [7, 11) is -7.70. The summed E-state index contributed by atoms with van der Waals surface area (Å²) in [6, 6.07) is 19.4. The minimum atomic E-state index is -3.89. The number of aryl methyl sites for hydroxylation is 2. The smallest absolute Gasteiger partial charge is 0.261 e. The lowest BCUT2D eigenvalue weighted by atomic mass is 10.1. The van der Waals surface area contributed by atoms with Gasteiger partial charge in [-0.25, -0.2) is 16.8 Å². The molecule has 0 radical (unpaired) electrons. The lowest BCUT2D eigenvalue weighted by molar-refractivity contribution is 0.239. The molecule has 0 saturated carbocycles. The van der Waals surface area contributed by atoms with E-state index in [9.17, 15) is 21.9 Å². The van der Waals surface area contributed by atoms with Gasteiger partial charge in [0.2, 0.25) is 10.0 Å². The number of rotatable bonds is 9. The van der Waals surface area contributed by atoms with Gasteiger partial charge in [0.05, 0.1) is 22.0 Å². The van der Waals surface area contributed by atoms with Crippen LogP contribution < -0.4 is 4.72 Å². The molecule has 1 unspecified atom stereocenters. The molecule has 0 fully saturated rings. The number of anilines is 1. The maximum absolute atomic E-state index is 13.1. The fourth-order valence-corrected chi connectivity index (χ4v) is 5.77. The topological polar surface area (TPSA) is 104 Å². The Kier molecular flexibility index (Phi) is 9.29. The maximum atomic E-state index is 13.1. The Morgan fingerprint density at radius 1 is 0.892 bits per heavy atom. The monoisotopic (exact) mass is 538 g/mol. The van der Waals surface area contributed by atoms with E-state index in [0.29, 0.717) is 0 Å². The molecule has 9 heteroatoms. The van der Waals surface area contributed by atoms with E-state index in [1.54, 1.807) is 73.7 Å². The second kappa shape index (κ2) is 12.2. The van der Waals surface area contributed by atoms with Gasteiger partial charge in [0, 0.05) is 12.1 Å². The predicted molar refractivity (Wildman–Crippen MR) is 146 cm³/mol. The number of aliphatic hydroxyl groups is 1. The van der Waals surface area contributed by atoms with Crippen LogP contribution in [-0.2, 0) is 20.0 Å². The molecular weight excluding hydrogens is 508 g/mol. The summed E-state index contributed by atoms with van der Waals surface area (Å²) >= 11 is 0. The predicted octanol–water partition coefficient (Wildman–Crippen LogP) is 4.41. The van der Waals surface area contributed by atoms with Gasteiger partial charge in [-0.3, -0.25) is 4.72 Å². The number of hydrogen-bond acceptors (Lipinski definition) is 5. The third kappa shape index (κ3) is 7.31. The summed E-state index contributed by atoms with van der Waals surface area (Å²) in [6.45, 7) is 5.49. The summed E-state index contributed by atoms with van der Waals surface area (Å²) in [6.07, 6.45) is 2.11. The summed E-state index contributed by atoms with van der Waals surface area (Å²) in [5, 5.41) is 10.8. The van der Waals surface area contributed by atoms with E-state index in [1.807, 2.05) is 13.8 Å². The van der Waals surface area contributed by atoms with Crippen molar-refractivity contribution in [2.75, 3.05) is 17.8 Å². The molecule has 0 spiro atoms. The van der Waals surface area contributed by atoms with Crippen molar-refractivity contribution in [2.45, 2.75) is 36.7 Å². The highest BCUT2D eigenvalue weighted by Crippen LogP contribution is 2.25. The van der Waals surface area contributed by atoms with Crippen LogP contribution >= 0.6 is 0 Å². The molecule has 0 saturated heterocycles. The van der Waals surface area contributed by atoms with E-state index >= 15 is 0 Å². The van der Waals surface area contributed by atoms with Crippen molar-refractivity contribution < 1.29 is 21.9 Å². The first-order valence-electron chi connectivity index (χ1n) is 11.6. The van der Waals surface area contributed by atoms with Crippen LogP contribution in [-0.4, -0.2) is 39.3 Å². The molecule has 3 rings (SSSR count). The van der Waals surface area contributed by atoms with E-state index in [2.05, 4.69) is 16.6 Å². The minimum Gasteiger partial charge on any atom is -0.376 e. The third-order valence-corrected chi connectivity index (χ3v) is 8.74. The summed E-state index contributed by atoms with van der Waals surface area (Å²) in [4.78, 5) is 0.246. The number of benzene rings is 3. The number of aliphatic hydroxyl groups excluding tert-OH is 1. The standard InChI is InChI=1S/C28H30N2O5S2/c1-4-5-20-30(37(34,35)25-18-14-23(3)15-19-25)21-8-11-28(31)26-9-6-7-10-27(26)29-36(32,33)24-16-12-22(2)13-17-24/h4-7,9-10,12-19,28-29,31H,20-21H2,1-3H3/b5-4+. The number of allylic oxidation sites excluding steroid dienone is 1. The van der Waals surface area contributed by atoms with Gasteiger partial charge >= 0.3 is 0 Å². The first-order valence-corrected chi connectivity index (χ1v) is 14.5. The molecule has 0 aliphatic rings. The number of nitrogens with zero attached hydrogens (tertiary/aromatic N) is 1. The van der Waals surface area contributed by atoms with Crippen molar-refractivity contribution in [1.82, 2.24) is 4.31 Å². The van der Waals surface area contributed by atoms with Crippen LogP contribution in [0.25, 0.3) is 0 Å². The van der Waals surface area contributed by atoms with Crippen molar-refractivity contribution in [3.8, 4) is 11.8 Å². The van der Waals surface area contributed by atoms with Crippen molar-refractivity contribution in [1.29, 1.82) is 0 Å². The van der Waals surface area contributed by atoms with Crippen LogP contribution in [0.3, 0.4) is 0 Å². The van der Waals surface area contributed by atoms with Crippen molar-refractivity contribution >= 4 is 25.7 Å². The van der Waals surface area contributed by atoms with E-state index in [4.69, 9.17) is 0 Å². The lowest BCUT2D eigenvalue weighted by Gasteiger charge is -2.18. The van der Waals surface area contributed by atoms with Gasteiger partial charge in [-0.1, -0.05) is 77.6 Å². The second-order valence-corrected chi connectivity index (χ2v) is 12.0. The maximum Gasteiger partial charge on any atom is 0.261 e. The van der Waals surface area contributed by atoms with E-state index in [-0.39, 0.29) is 34.1 Å². The normalized spacial score (nSPS) is 12.8. The Morgan fingerprint density at radius 3 is 2.05 bits per heavy atom. The lowest BCUT2D eigenvalue weighted by Crippen LogP contribution is -2.31. The zero-order valence-electron chi connectivity index (χ0n) is 20.9. The highest BCUT2D eigenvalue weighted by atomic mass is 32.2. The van der Waals surface area contributed by atoms with Crippen molar-refractivity contribution in [3.05, 3.63) is 102 Å². The van der Waals surface area contributed by atoms with Crippen molar-refractivity contribution in [2.24, 2.45) is 0 Å². The Morgan fingerprint density at radius 2 is 1.46 bits per heavy atom. The van der Waals surface area contributed by atoms with Crippen LogP contribution in [0.15, 0.2) is 94.7 Å². The SMILES string of the molecule is C/C=C/CN(CC#CC(O)c1ccccc1NS(=O)(=O)c1ccc(C)cc1)S(=O)(=O)c1ccc(C)cc1. The molecule has 3 aromatic rings. The molecule has 3 aromatic carbocycles. The molecule has 0 aliphatic heterocycles. The van der Waals surface area contributed by atoms with Gasteiger partial charge in [-0.05, 0) is 51.1 Å². The number of nitrogens with one attached hydrogen (secondary N) is 1. The Labute approximate surface area is 219 Å². The molecule has 37 heavy (non-hydrogen) atoms. The Hall–Kier alpha value is -3.42. The first-order chi connectivity index (χ1) is 17.5. The molecule has 0 aliphatic carbocycles. The number of para-hydroxylation sites is 1. The van der Waals surface area contributed by atoms with E-state index < -0.39 is 26.2 Å². The minimum absolute atomic E-state index is 0.0920. The highest BCUT2D eigenvalue weighted by Gasteiger charge is 2.23. The van der Waals surface area contributed by atoms with Gasteiger partial charge in [0.25, 0.3) is 10.0 Å². The van der Waals surface area contributed by atoms with E-state index in [0.717, 1.165) is 11.1 Å². The Bertz CT molecular complexity index is 1520. The van der Waals surface area contributed by atoms with Gasteiger partial charge in [0.1, 0.15) is 6.10 Å². The van der Waals surface area contributed by atoms with Gasteiger partial charge in [-0.15, -0.1) is 0 Å². The number of sulfonamides is 2. The zero-order valence-corrected chi connectivity index (χ0v) is 22.6. The van der Waals surface area contributed by atoms with E-state index in [1.165, 1.54) is 22.5 Å². The molecule has 2 N–H and O–H groups in total. The van der Waals surface area contributed by atoms with Crippen molar-refractivity contribution in [3.63, 3.8) is 0 Å². The van der Waals surface area contributed by atoms with Crippen LogP contribution in [0.4, 0.5) is 5.69 Å². The fraction of sp³-hybridized carbons (Fsp3) is 0.214. The summed E-state index contributed by atoms with van der Waals surface area (Å²) in [5.41, 5.74) is 2.31. The van der Waals surface area contributed by atoms with Gasteiger partial charge in [0.15, 0.2) is 0 Å². The molecule has 0 heterocycles. The molecule has 0 aromatic heterocycles. The molecule has 7 nitrogen and oxygen atoms in total. The zero-order chi connectivity index (χ0) is 27.1. The Balaban J connectivity index is 1.83. The summed E-state index contributed by atoms with van der Waals surface area (Å²) < 4.78 is 55.7. The average Bonchev–Trinajstić information content (AvgIpc) is 2.86. The van der Waals surface area contributed by atoms with Gasteiger partial charge < -0.3 is 5.11 Å².